The molecule has 1 aromatic rings. The fraction of sp³-hybridized carbons (Fsp3) is 0.250. The molecule has 0 bridgehead atoms. The lowest BCUT2D eigenvalue weighted by atomic mass is 10.1. The third kappa shape index (κ3) is 1.92. The van der Waals surface area contributed by atoms with E-state index in [0.29, 0.717) is 14.8 Å². The zero-order chi connectivity index (χ0) is 13.7. The highest BCUT2D eigenvalue weighted by Gasteiger charge is 2.37. The summed E-state index contributed by atoms with van der Waals surface area (Å²) in [6, 6.07) is 3.03. The molecule has 1 heterocycles. The Balaban J connectivity index is 2.23. The summed E-state index contributed by atoms with van der Waals surface area (Å²) in [5.41, 5.74) is 9.96. The van der Waals surface area contributed by atoms with Crippen molar-refractivity contribution < 1.29 is 14.3 Å². The number of hydrogen-bond donors (Lipinski definition) is 3. The quantitative estimate of drug-likeness (QED) is 0.685. The summed E-state index contributed by atoms with van der Waals surface area (Å²) in [6.45, 7) is 0. The monoisotopic (exact) mass is 375 g/mol. The molecule has 7 heteroatoms. The van der Waals surface area contributed by atoms with Crippen LogP contribution in [0.25, 0.3) is 5.70 Å². The van der Waals surface area contributed by atoms with Gasteiger partial charge in [0.2, 0.25) is 0 Å². The van der Waals surface area contributed by atoms with Gasteiger partial charge in [0, 0.05) is 5.56 Å². The maximum Gasteiger partial charge on any atom is 0.355 e. The number of anilines is 1. The van der Waals surface area contributed by atoms with E-state index in [1.54, 1.807) is 5.01 Å². The largest absolute Gasteiger partial charge is 0.476 e. The van der Waals surface area contributed by atoms with Gasteiger partial charge in [-0.2, -0.15) is 0 Å². The minimum atomic E-state index is -1.12. The van der Waals surface area contributed by atoms with Gasteiger partial charge in [0.05, 0.1) is 21.0 Å². The molecule has 0 aromatic heterocycles. The van der Waals surface area contributed by atoms with Gasteiger partial charge in [0.1, 0.15) is 5.82 Å². The average Bonchev–Trinajstić information content (AvgIpc) is 3.18. The maximum absolute atomic E-state index is 13.7. The zero-order valence-corrected chi connectivity index (χ0v) is 11.9. The Morgan fingerprint density at radius 1 is 1.53 bits per heavy atom. The van der Waals surface area contributed by atoms with E-state index in [1.165, 1.54) is 12.1 Å². The van der Waals surface area contributed by atoms with Crippen LogP contribution < -0.4 is 16.2 Å². The first-order valence-electron chi connectivity index (χ1n) is 5.78. The summed E-state index contributed by atoms with van der Waals surface area (Å²) < 4.78 is 14.2. The van der Waals surface area contributed by atoms with Gasteiger partial charge < -0.3 is 10.8 Å². The van der Waals surface area contributed by atoms with Gasteiger partial charge in [0.25, 0.3) is 0 Å². The van der Waals surface area contributed by atoms with Crippen LogP contribution in [0, 0.1) is 9.39 Å². The molecule has 4 N–H and O–H groups in total. The van der Waals surface area contributed by atoms with Gasteiger partial charge in [0.15, 0.2) is 5.70 Å². The number of halogens is 2. The molecule has 3 rings (SSSR count). The van der Waals surface area contributed by atoms with Gasteiger partial charge in [-0.05, 0) is 47.6 Å². The third-order valence-electron chi connectivity index (χ3n) is 3.23. The molecule has 100 valence electrons. The van der Waals surface area contributed by atoms with E-state index in [1.807, 2.05) is 22.6 Å². The molecule has 0 spiro atoms. The van der Waals surface area contributed by atoms with Crippen molar-refractivity contribution in [2.24, 2.45) is 5.73 Å². The maximum atomic E-state index is 13.7. The minimum absolute atomic E-state index is 0.0539. The lowest BCUT2D eigenvalue weighted by Crippen LogP contribution is -2.46. The van der Waals surface area contributed by atoms with Crippen molar-refractivity contribution in [3.05, 3.63) is 32.8 Å². The van der Waals surface area contributed by atoms with E-state index in [4.69, 9.17) is 5.73 Å². The standard InChI is InChI=1S/C12H11FIN3O2/c13-7-4-3-6-9(15)10(12(18)19)16-17(5-1-2-5)11(6)8(7)14/h3-5,16H,1-2,15H2,(H,18,19). The van der Waals surface area contributed by atoms with E-state index < -0.39 is 5.97 Å². The molecule has 19 heavy (non-hydrogen) atoms. The molecule has 0 saturated heterocycles. The van der Waals surface area contributed by atoms with E-state index in [0.717, 1.165) is 12.8 Å². The fourth-order valence-electron chi connectivity index (χ4n) is 2.13. The summed E-state index contributed by atoms with van der Waals surface area (Å²) in [5, 5.41) is 10.9. The number of hydrazine groups is 1. The van der Waals surface area contributed by atoms with Gasteiger partial charge in [-0.25, -0.2) is 9.18 Å². The highest BCUT2D eigenvalue weighted by Crippen LogP contribution is 2.40. The Morgan fingerprint density at radius 2 is 2.21 bits per heavy atom. The van der Waals surface area contributed by atoms with Gasteiger partial charge in [-0.15, -0.1) is 0 Å². The first-order chi connectivity index (χ1) is 9.00. The van der Waals surface area contributed by atoms with Crippen molar-refractivity contribution in [2.75, 3.05) is 5.01 Å². The highest BCUT2D eigenvalue weighted by atomic mass is 127. The molecule has 2 aliphatic rings. The van der Waals surface area contributed by atoms with Crippen LogP contribution in [0.4, 0.5) is 10.1 Å². The van der Waals surface area contributed by atoms with Crippen molar-refractivity contribution in [1.29, 1.82) is 0 Å². The van der Waals surface area contributed by atoms with Crippen molar-refractivity contribution in [3.8, 4) is 0 Å². The molecular formula is C12H11FIN3O2. The molecule has 0 unspecified atom stereocenters. The van der Waals surface area contributed by atoms with Crippen LogP contribution in [-0.2, 0) is 4.79 Å². The normalized spacial score (nSPS) is 18.1. The number of carboxylic acids is 1. The second-order valence-electron chi connectivity index (χ2n) is 4.56. The molecule has 5 nitrogen and oxygen atoms in total. The Hall–Kier alpha value is -1.51. The fourth-order valence-corrected chi connectivity index (χ4v) is 2.86. The Morgan fingerprint density at radius 3 is 2.79 bits per heavy atom. The highest BCUT2D eigenvalue weighted by molar-refractivity contribution is 14.1. The van der Waals surface area contributed by atoms with E-state index in [9.17, 15) is 14.3 Å². The number of rotatable bonds is 2. The summed E-state index contributed by atoms with van der Waals surface area (Å²) >= 11 is 1.92. The van der Waals surface area contributed by atoms with Crippen molar-refractivity contribution in [3.63, 3.8) is 0 Å². The first kappa shape index (κ1) is 12.5. The van der Waals surface area contributed by atoms with Crippen LogP contribution in [0.15, 0.2) is 17.8 Å². The minimum Gasteiger partial charge on any atom is -0.476 e. The Kier molecular flexibility index (Phi) is 2.80. The smallest absolute Gasteiger partial charge is 0.355 e. The van der Waals surface area contributed by atoms with Crippen LogP contribution in [-0.4, -0.2) is 17.1 Å². The molecule has 1 aliphatic heterocycles. The van der Waals surface area contributed by atoms with Crippen LogP contribution in [0.1, 0.15) is 18.4 Å². The molecule has 1 aliphatic carbocycles. The van der Waals surface area contributed by atoms with Crippen LogP contribution in [0.5, 0.6) is 0 Å². The van der Waals surface area contributed by atoms with Gasteiger partial charge >= 0.3 is 5.97 Å². The average molecular weight is 375 g/mol. The lowest BCUT2D eigenvalue weighted by molar-refractivity contribution is -0.133. The van der Waals surface area contributed by atoms with E-state index in [-0.39, 0.29) is 23.3 Å². The molecule has 0 atom stereocenters. The number of nitrogens with one attached hydrogen (secondary N) is 1. The number of carboxylic acid groups (broad SMARTS) is 1. The summed E-state index contributed by atoms with van der Waals surface area (Å²) in [6.07, 6.45) is 1.90. The summed E-state index contributed by atoms with van der Waals surface area (Å²) in [5.74, 6) is -1.45. The predicted molar refractivity (Wildman–Crippen MR) is 76.5 cm³/mol. The molecule has 0 radical (unpaired) electrons. The van der Waals surface area contributed by atoms with E-state index in [2.05, 4.69) is 5.43 Å². The molecule has 1 saturated carbocycles. The van der Waals surface area contributed by atoms with Crippen LogP contribution in [0.2, 0.25) is 0 Å². The van der Waals surface area contributed by atoms with E-state index >= 15 is 0 Å². The Labute approximate surface area is 122 Å². The molecule has 0 amide bonds. The van der Waals surface area contributed by atoms with Gasteiger partial charge in [-0.3, -0.25) is 10.4 Å². The number of hydrogen-bond acceptors (Lipinski definition) is 4. The number of aliphatic carboxylic acids is 1. The SMILES string of the molecule is NC1=C(C(=O)O)NN(C2CC2)c2c1ccc(F)c2I. The lowest BCUT2D eigenvalue weighted by Gasteiger charge is -2.34. The van der Waals surface area contributed by atoms with Crippen molar-refractivity contribution >= 4 is 39.9 Å². The number of nitrogens with two attached hydrogens (primary N) is 1. The predicted octanol–water partition coefficient (Wildman–Crippen LogP) is 1.63. The van der Waals surface area contributed by atoms with Crippen LogP contribution >= 0.6 is 22.6 Å². The second-order valence-corrected chi connectivity index (χ2v) is 5.64. The summed E-state index contributed by atoms with van der Waals surface area (Å²) in [4.78, 5) is 11.2. The Bertz CT molecular complexity index is 613. The number of nitrogens with zero attached hydrogens (tertiary/aromatic N) is 1. The molecular weight excluding hydrogens is 364 g/mol. The van der Waals surface area contributed by atoms with Gasteiger partial charge in [-0.1, -0.05) is 0 Å². The number of carbonyl (C=O) groups is 1. The topological polar surface area (TPSA) is 78.6 Å². The third-order valence-corrected chi connectivity index (χ3v) is 4.25. The second kappa shape index (κ2) is 4.26. The zero-order valence-electron chi connectivity index (χ0n) is 9.78. The molecule has 1 fully saturated rings. The number of fused-ring (bicyclic) bond motifs is 1. The van der Waals surface area contributed by atoms with Crippen molar-refractivity contribution in [1.82, 2.24) is 5.43 Å². The summed E-state index contributed by atoms with van der Waals surface area (Å²) in [7, 11) is 0. The first-order valence-corrected chi connectivity index (χ1v) is 6.86. The van der Waals surface area contributed by atoms with Crippen LogP contribution in [0.3, 0.4) is 0 Å². The molecule has 1 aromatic carbocycles. The van der Waals surface area contributed by atoms with Crippen molar-refractivity contribution in [2.45, 2.75) is 18.9 Å². The number of benzene rings is 1.